The maximum absolute atomic E-state index is 14.2. The van der Waals surface area contributed by atoms with E-state index in [9.17, 15) is 12.8 Å². The van der Waals surface area contributed by atoms with Crippen LogP contribution in [-0.4, -0.2) is 52.8 Å². The van der Waals surface area contributed by atoms with Gasteiger partial charge in [-0.15, -0.1) is 0 Å². The van der Waals surface area contributed by atoms with Gasteiger partial charge < -0.3 is 4.74 Å². The Morgan fingerprint density at radius 3 is 2.58 bits per heavy atom. The average molecular weight is 441 g/mol. The number of pyridine rings is 2. The molecular formula is C22H21FN4O3S. The number of rotatable bonds is 4. The summed E-state index contributed by atoms with van der Waals surface area (Å²) in [6.07, 6.45) is 2.73. The number of fused-ring (bicyclic) bond motifs is 2. The fourth-order valence-electron chi connectivity index (χ4n) is 4.18. The molecule has 0 unspecified atom stereocenters. The molecule has 31 heavy (non-hydrogen) atoms. The maximum Gasteiger partial charge on any atom is 0.249 e. The lowest BCUT2D eigenvalue weighted by atomic mass is 10.2. The van der Waals surface area contributed by atoms with E-state index in [-0.39, 0.29) is 23.1 Å². The summed E-state index contributed by atoms with van der Waals surface area (Å²) in [4.78, 5) is 10.6. The molecule has 1 saturated heterocycles. The predicted molar refractivity (Wildman–Crippen MR) is 111 cm³/mol. The van der Waals surface area contributed by atoms with E-state index < -0.39 is 22.2 Å². The molecule has 0 amide bonds. The molecule has 0 saturated carbocycles. The second-order valence-electron chi connectivity index (χ2n) is 7.69. The van der Waals surface area contributed by atoms with Crippen LogP contribution in [0.3, 0.4) is 0 Å². The first-order valence-corrected chi connectivity index (χ1v) is 11.5. The van der Waals surface area contributed by atoms with E-state index >= 15 is 0 Å². The highest BCUT2D eigenvalue weighted by Gasteiger charge is 2.47. The molecule has 0 aliphatic carbocycles. The summed E-state index contributed by atoms with van der Waals surface area (Å²) in [5, 5.41) is 0. The molecule has 9 heteroatoms. The van der Waals surface area contributed by atoms with Crippen molar-refractivity contribution in [1.82, 2.24) is 19.2 Å². The molecule has 2 aliphatic rings. The van der Waals surface area contributed by atoms with Gasteiger partial charge in [-0.3, -0.25) is 9.88 Å². The lowest BCUT2D eigenvalue weighted by molar-refractivity contribution is 0.143. The number of aromatic nitrogens is 2. The van der Waals surface area contributed by atoms with Crippen molar-refractivity contribution in [2.45, 2.75) is 30.1 Å². The zero-order valence-electron chi connectivity index (χ0n) is 16.6. The van der Waals surface area contributed by atoms with Gasteiger partial charge in [0.2, 0.25) is 15.9 Å². The van der Waals surface area contributed by atoms with E-state index in [4.69, 9.17) is 4.74 Å². The molecule has 2 aromatic heterocycles. The Morgan fingerprint density at radius 2 is 1.77 bits per heavy atom. The van der Waals surface area contributed by atoms with Crippen molar-refractivity contribution in [3.63, 3.8) is 0 Å². The smallest absolute Gasteiger partial charge is 0.249 e. The quantitative estimate of drug-likeness (QED) is 0.621. The number of likely N-dealkylation sites (tertiary alicyclic amines) is 1. The molecule has 0 N–H and O–H groups in total. The minimum Gasteiger partial charge on any atom is -0.470 e. The molecule has 2 atom stereocenters. The average Bonchev–Trinajstić information content (AvgIpc) is 3.13. The van der Waals surface area contributed by atoms with Crippen LogP contribution in [-0.2, 0) is 23.1 Å². The van der Waals surface area contributed by atoms with Gasteiger partial charge in [-0.05, 0) is 30.3 Å². The van der Waals surface area contributed by atoms with Gasteiger partial charge in [0, 0.05) is 37.6 Å². The highest BCUT2D eigenvalue weighted by molar-refractivity contribution is 7.89. The van der Waals surface area contributed by atoms with E-state index in [1.807, 2.05) is 11.0 Å². The second-order valence-corrected chi connectivity index (χ2v) is 9.55. The number of hydrogen-bond donors (Lipinski definition) is 0. The van der Waals surface area contributed by atoms with Crippen LogP contribution in [0.4, 0.5) is 4.39 Å². The molecule has 3 aromatic rings. The molecular weight excluding hydrogens is 419 g/mol. The zero-order valence-corrected chi connectivity index (χ0v) is 17.5. The minimum absolute atomic E-state index is 0.0565. The third kappa shape index (κ3) is 3.80. The van der Waals surface area contributed by atoms with E-state index in [2.05, 4.69) is 9.97 Å². The monoisotopic (exact) mass is 440 g/mol. The van der Waals surface area contributed by atoms with Crippen LogP contribution in [0.2, 0.25) is 0 Å². The van der Waals surface area contributed by atoms with Gasteiger partial charge in [-0.2, -0.15) is 4.31 Å². The van der Waals surface area contributed by atoms with Crippen LogP contribution in [0.1, 0.15) is 11.3 Å². The first-order valence-electron chi connectivity index (χ1n) is 10.0. The Morgan fingerprint density at radius 1 is 0.968 bits per heavy atom. The molecule has 160 valence electrons. The number of ether oxygens (including phenoxy) is 1. The van der Waals surface area contributed by atoms with Crippen LogP contribution in [0, 0.1) is 5.82 Å². The molecule has 1 aromatic carbocycles. The SMILES string of the molecule is O=S1(=O)c2cccnc2O[C@@H]2CN(Cc3ccccc3F)C[C@H]2N1Cc1ccccn1. The number of halogens is 1. The molecule has 4 heterocycles. The van der Waals surface area contributed by atoms with Crippen LogP contribution >= 0.6 is 0 Å². The van der Waals surface area contributed by atoms with E-state index in [0.717, 1.165) is 0 Å². The van der Waals surface area contributed by atoms with Crippen molar-refractivity contribution in [3.8, 4) is 5.88 Å². The highest BCUT2D eigenvalue weighted by Crippen LogP contribution is 2.36. The molecule has 5 rings (SSSR count). The molecule has 1 fully saturated rings. The van der Waals surface area contributed by atoms with E-state index in [1.165, 1.54) is 22.6 Å². The standard InChI is InChI=1S/C22H21FN4O3S/c23-18-8-2-1-6-16(18)12-26-14-19-20(15-26)30-22-21(9-5-11-25-22)31(28,29)27(19)13-17-7-3-4-10-24-17/h1-11,19-20H,12-15H2/t19-,20-/m1/s1. The Labute approximate surface area is 180 Å². The lowest BCUT2D eigenvalue weighted by Crippen LogP contribution is -2.46. The summed E-state index contributed by atoms with van der Waals surface area (Å²) in [7, 11) is -3.87. The molecule has 7 nitrogen and oxygen atoms in total. The molecule has 0 bridgehead atoms. The van der Waals surface area contributed by atoms with E-state index in [0.29, 0.717) is 30.9 Å². The molecule has 0 spiro atoms. The summed E-state index contributed by atoms with van der Waals surface area (Å²) < 4.78 is 48.9. The second kappa shape index (κ2) is 7.99. The first-order chi connectivity index (χ1) is 15.0. The Balaban J connectivity index is 1.51. The summed E-state index contributed by atoms with van der Waals surface area (Å²) in [5.74, 6) is -0.172. The van der Waals surface area contributed by atoms with Crippen LogP contribution in [0.5, 0.6) is 5.88 Å². The third-order valence-electron chi connectivity index (χ3n) is 5.66. The van der Waals surface area contributed by atoms with Crippen LogP contribution < -0.4 is 4.74 Å². The number of benzene rings is 1. The summed E-state index contributed by atoms with van der Waals surface area (Å²) >= 11 is 0. The van der Waals surface area contributed by atoms with Crippen molar-refractivity contribution < 1.29 is 17.5 Å². The van der Waals surface area contributed by atoms with Gasteiger partial charge in [0.1, 0.15) is 16.8 Å². The van der Waals surface area contributed by atoms with Gasteiger partial charge in [0.25, 0.3) is 0 Å². The van der Waals surface area contributed by atoms with E-state index in [1.54, 1.807) is 42.6 Å². The molecule has 0 radical (unpaired) electrons. The van der Waals surface area contributed by atoms with Crippen LogP contribution in [0.15, 0.2) is 71.9 Å². The zero-order chi connectivity index (χ0) is 21.4. The van der Waals surface area contributed by atoms with Gasteiger partial charge in [0.15, 0.2) is 0 Å². The van der Waals surface area contributed by atoms with Gasteiger partial charge >= 0.3 is 0 Å². The Bertz CT molecular complexity index is 1190. The van der Waals surface area contributed by atoms with Crippen molar-refractivity contribution in [2.24, 2.45) is 0 Å². The maximum atomic E-state index is 14.2. The predicted octanol–water partition coefficient (Wildman–Crippen LogP) is 2.45. The Kier molecular flexibility index (Phi) is 5.17. The van der Waals surface area contributed by atoms with Crippen molar-refractivity contribution in [3.05, 3.63) is 84.1 Å². The highest BCUT2D eigenvalue weighted by atomic mass is 32.2. The Hall–Kier alpha value is -2.88. The first kappa shape index (κ1) is 20.0. The lowest BCUT2D eigenvalue weighted by Gasteiger charge is -2.27. The van der Waals surface area contributed by atoms with Crippen molar-refractivity contribution >= 4 is 10.0 Å². The van der Waals surface area contributed by atoms with Crippen LogP contribution in [0.25, 0.3) is 0 Å². The fourth-order valence-corrected chi connectivity index (χ4v) is 5.87. The van der Waals surface area contributed by atoms with Crippen molar-refractivity contribution in [2.75, 3.05) is 13.1 Å². The number of hydrogen-bond acceptors (Lipinski definition) is 6. The fraction of sp³-hybridized carbons (Fsp3) is 0.273. The summed E-state index contributed by atoms with van der Waals surface area (Å²) in [5.41, 5.74) is 1.21. The largest absolute Gasteiger partial charge is 0.470 e. The number of nitrogens with zero attached hydrogens (tertiary/aromatic N) is 4. The molecule has 2 aliphatic heterocycles. The minimum atomic E-state index is -3.87. The van der Waals surface area contributed by atoms with Crippen molar-refractivity contribution in [1.29, 1.82) is 0 Å². The normalized spacial score (nSPS) is 22.9. The third-order valence-corrected chi connectivity index (χ3v) is 7.55. The van der Waals surface area contributed by atoms with Gasteiger partial charge in [0.05, 0.1) is 18.3 Å². The van der Waals surface area contributed by atoms with Gasteiger partial charge in [-0.1, -0.05) is 24.3 Å². The van der Waals surface area contributed by atoms with Gasteiger partial charge in [-0.25, -0.2) is 17.8 Å². The topological polar surface area (TPSA) is 75.6 Å². The number of sulfonamides is 1. The summed E-state index contributed by atoms with van der Waals surface area (Å²) in [6.45, 7) is 1.37. The summed E-state index contributed by atoms with van der Waals surface area (Å²) in [6, 6.07) is 14.7.